The van der Waals surface area contributed by atoms with Gasteiger partial charge in [0.15, 0.2) is 0 Å². The molecule has 0 saturated carbocycles. The summed E-state index contributed by atoms with van der Waals surface area (Å²) in [5.74, 6) is -0.626. The molecule has 17 heavy (non-hydrogen) atoms. The molecule has 0 aliphatic heterocycles. The summed E-state index contributed by atoms with van der Waals surface area (Å²) in [5.41, 5.74) is 1.14. The first-order valence-corrected chi connectivity index (χ1v) is 5.89. The minimum atomic E-state index is -0.375. The molecule has 0 radical (unpaired) electrons. The van der Waals surface area contributed by atoms with E-state index in [9.17, 15) is 9.18 Å². The van der Waals surface area contributed by atoms with Gasteiger partial charge in [0, 0.05) is 5.69 Å². The molecular weight excluding hydrogens is 239 g/mol. The van der Waals surface area contributed by atoms with Crippen LogP contribution in [0.3, 0.4) is 0 Å². The highest BCUT2D eigenvalue weighted by molar-refractivity contribution is 7.13. The summed E-state index contributed by atoms with van der Waals surface area (Å²) in [6, 6.07) is 5.80. The predicted octanol–water partition coefficient (Wildman–Crippen LogP) is 3.15. The Hall–Kier alpha value is -1.75. The molecule has 1 aromatic heterocycles. The molecule has 0 bridgehead atoms. The molecule has 0 atom stereocenters. The van der Waals surface area contributed by atoms with Crippen LogP contribution in [0.1, 0.15) is 20.4 Å². The summed E-state index contributed by atoms with van der Waals surface area (Å²) in [6.45, 7) is 3.63. The fourth-order valence-corrected chi connectivity index (χ4v) is 2.31. The van der Waals surface area contributed by atoms with Crippen LogP contribution < -0.4 is 5.32 Å². The van der Waals surface area contributed by atoms with Gasteiger partial charge in [-0.05, 0) is 32.0 Å². The Morgan fingerprint density at radius 3 is 2.76 bits per heavy atom. The van der Waals surface area contributed by atoms with Crippen LogP contribution in [0.15, 0.2) is 24.3 Å². The van der Waals surface area contributed by atoms with Gasteiger partial charge >= 0.3 is 0 Å². The van der Waals surface area contributed by atoms with E-state index in [0.717, 1.165) is 5.01 Å². The van der Waals surface area contributed by atoms with E-state index in [0.29, 0.717) is 16.3 Å². The highest BCUT2D eigenvalue weighted by Crippen LogP contribution is 2.19. The van der Waals surface area contributed by atoms with Crippen molar-refractivity contribution in [1.82, 2.24) is 4.98 Å². The number of hydrogen-bond donors (Lipinski definition) is 1. The topological polar surface area (TPSA) is 42.0 Å². The Morgan fingerprint density at radius 2 is 2.18 bits per heavy atom. The SMILES string of the molecule is Cc1nc(C)c(C(=O)Nc2cccc(F)c2)s1. The van der Waals surface area contributed by atoms with Gasteiger partial charge in [-0.25, -0.2) is 9.37 Å². The van der Waals surface area contributed by atoms with Crippen LogP contribution in [0.25, 0.3) is 0 Å². The van der Waals surface area contributed by atoms with Crippen LogP contribution >= 0.6 is 11.3 Å². The second kappa shape index (κ2) is 4.63. The fourth-order valence-electron chi connectivity index (χ4n) is 1.50. The minimum Gasteiger partial charge on any atom is -0.321 e. The van der Waals surface area contributed by atoms with E-state index in [2.05, 4.69) is 10.3 Å². The lowest BCUT2D eigenvalue weighted by Gasteiger charge is -2.03. The van der Waals surface area contributed by atoms with Gasteiger partial charge in [-0.15, -0.1) is 11.3 Å². The van der Waals surface area contributed by atoms with E-state index >= 15 is 0 Å². The van der Waals surface area contributed by atoms with E-state index < -0.39 is 0 Å². The van der Waals surface area contributed by atoms with Crippen LogP contribution in [0.2, 0.25) is 0 Å². The second-order valence-corrected chi connectivity index (χ2v) is 4.82. The number of nitrogens with zero attached hydrogens (tertiary/aromatic N) is 1. The molecule has 0 spiro atoms. The number of hydrogen-bond acceptors (Lipinski definition) is 3. The standard InChI is InChI=1S/C12H11FN2OS/c1-7-11(17-8(2)14-7)12(16)15-10-5-3-4-9(13)6-10/h3-6H,1-2H3,(H,15,16). The highest BCUT2D eigenvalue weighted by Gasteiger charge is 2.13. The molecule has 3 nitrogen and oxygen atoms in total. The van der Waals surface area contributed by atoms with Crippen molar-refractivity contribution in [2.24, 2.45) is 0 Å². The Balaban J connectivity index is 2.20. The zero-order chi connectivity index (χ0) is 12.4. The molecular formula is C12H11FN2OS. The highest BCUT2D eigenvalue weighted by atomic mass is 32.1. The Kier molecular flexibility index (Phi) is 3.19. The van der Waals surface area contributed by atoms with E-state index in [1.807, 2.05) is 6.92 Å². The number of amides is 1. The maximum atomic E-state index is 12.9. The van der Waals surface area contributed by atoms with Gasteiger partial charge in [-0.3, -0.25) is 4.79 Å². The van der Waals surface area contributed by atoms with Crippen LogP contribution in [-0.4, -0.2) is 10.9 Å². The molecule has 2 aromatic rings. The van der Waals surface area contributed by atoms with Crippen molar-refractivity contribution < 1.29 is 9.18 Å². The smallest absolute Gasteiger partial charge is 0.267 e. The third-order valence-electron chi connectivity index (χ3n) is 2.19. The van der Waals surface area contributed by atoms with E-state index in [-0.39, 0.29) is 11.7 Å². The minimum absolute atomic E-state index is 0.251. The Labute approximate surface area is 102 Å². The lowest BCUT2D eigenvalue weighted by atomic mass is 10.3. The molecule has 5 heteroatoms. The zero-order valence-electron chi connectivity index (χ0n) is 9.45. The molecule has 1 heterocycles. The van der Waals surface area contributed by atoms with Crippen LogP contribution in [0, 0.1) is 19.7 Å². The first-order chi connectivity index (χ1) is 8.06. The monoisotopic (exact) mass is 250 g/mol. The predicted molar refractivity (Wildman–Crippen MR) is 65.9 cm³/mol. The van der Waals surface area contributed by atoms with Gasteiger partial charge in [0.2, 0.25) is 0 Å². The number of aryl methyl sites for hydroxylation is 2. The van der Waals surface area contributed by atoms with Crippen LogP contribution in [0.5, 0.6) is 0 Å². The van der Waals surface area contributed by atoms with Crippen molar-refractivity contribution in [2.45, 2.75) is 13.8 Å². The molecule has 0 aliphatic rings. The quantitative estimate of drug-likeness (QED) is 0.889. The summed E-state index contributed by atoms with van der Waals surface area (Å²) < 4.78 is 12.9. The van der Waals surface area contributed by atoms with Crippen LogP contribution in [-0.2, 0) is 0 Å². The number of halogens is 1. The fraction of sp³-hybridized carbons (Fsp3) is 0.167. The third-order valence-corrected chi connectivity index (χ3v) is 3.26. The molecule has 0 fully saturated rings. The third kappa shape index (κ3) is 2.68. The number of carbonyl (C=O) groups is 1. The molecule has 1 amide bonds. The van der Waals surface area contributed by atoms with Crippen molar-refractivity contribution in [1.29, 1.82) is 0 Å². The van der Waals surface area contributed by atoms with Crippen LogP contribution in [0.4, 0.5) is 10.1 Å². The van der Waals surface area contributed by atoms with Gasteiger partial charge in [0.05, 0.1) is 10.7 Å². The molecule has 0 saturated heterocycles. The molecule has 1 N–H and O–H groups in total. The number of nitrogens with one attached hydrogen (secondary N) is 1. The number of thiazole rings is 1. The van der Waals surface area contributed by atoms with Gasteiger partial charge in [-0.1, -0.05) is 6.07 Å². The van der Waals surface area contributed by atoms with E-state index in [1.165, 1.54) is 23.5 Å². The molecule has 1 aromatic carbocycles. The lowest BCUT2D eigenvalue weighted by molar-refractivity contribution is 0.103. The van der Waals surface area contributed by atoms with Gasteiger partial charge in [0.1, 0.15) is 10.7 Å². The molecule has 2 rings (SSSR count). The zero-order valence-corrected chi connectivity index (χ0v) is 10.3. The maximum absolute atomic E-state index is 12.9. The number of carbonyl (C=O) groups excluding carboxylic acids is 1. The van der Waals surface area contributed by atoms with Gasteiger partial charge in [-0.2, -0.15) is 0 Å². The van der Waals surface area contributed by atoms with E-state index in [4.69, 9.17) is 0 Å². The van der Waals surface area contributed by atoms with Crippen molar-refractivity contribution in [3.05, 3.63) is 45.7 Å². The Bertz CT molecular complexity index is 565. The van der Waals surface area contributed by atoms with Crippen molar-refractivity contribution in [2.75, 3.05) is 5.32 Å². The van der Waals surface area contributed by atoms with Gasteiger partial charge in [0.25, 0.3) is 5.91 Å². The molecule has 88 valence electrons. The Morgan fingerprint density at radius 1 is 1.41 bits per heavy atom. The summed E-state index contributed by atoms with van der Waals surface area (Å²) in [6.07, 6.45) is 0. The van der Waals surface area contributed by atoms with Crippen molar-refractivity contribution in [3.63, 3.8) is 0 Å². The lowest BCUT2D eigenvalue weighted by Crippen LogP contribution is -2.11. The number of rotatable bonds is 2. The molecule has 0 unspecified atom stereocenters. The first-order valence-electron chi connectivity index (χ1n) is 5.07. The summed E-state index contributed by atoms with van der Waals surface area (Å²) >= 11 is 1.33. The summed E-state index contributed by atoms with van der Waals surface area (Å²) in [4.78, 5) is 16.6. The average molecular weight is 250 g/mol. The number of aromatic nitrogens is 1. The molecule has 0 aliphatic carbocycles. The van der Waals surface area contributed by atoms with Crippen molar-refractivity contribution in [3.8, 4) is 0 Å². The average Bonchev–Trinajstić information content (AvgIpc) is 2.58. The summed E-state index contributed by atoms with van der Waals surface area (Å²) in [5, 5.41) is 3.48. The second-order valence-electron chi connectivity index (χ2n) is 3.61. The van der Waals surface area contributed by atoms with E-state index in [1.54, 1.807) is 19.1 Å². The number of anilines is 1. The first kappa shape index (κ1) is 11.7. The number of benzene rings is 1. The van der Waals surface area contributed by atoms with Gasteiger partial charge < -0.3 is 5.32 Å². The summed E-state index contributed by atoms with van der Waals surface area (Å²) in [7, 11) is 0. The maximum Gasteiger partial charge on any atom is 0.267 e. The van der Waals surface area contributed by atoms with Crippen molar-refractivity contribution >= 4 is 22.9 Å². The normalized spacial score (nSPS) is 10.3. The largest absolute Gasteiger partial charge is 0.321 e.